The molecule has 0 N–H and O–H groups in total. The summed E-state index contributed by atoms with van der Waals surface area (Å²) in [7, 11) is 0. The van der Waals surface area contributed by atoms with E-state index < -0.39 is 5.24 Å². The number of nitrogens with zero attached hydrogens (tertiary/aromatic N) is 1. The van der Waals surface area contributed by atoms with E-state index in [9.17, 15) is 9.59 Å². The van der Waals surface area contributed by atoms with Gasteiger partial charge in [0.1, 0.15) is 12.0 Å². The van der Waals surface area contributed by atoms with Crippen molar-refractivity contribution in [3.05, 3.63) is 53.7 Å². The SMILES string of the molecule is CC(C=O)c1ccc(Oc2ncccc2C(=O)Cl)cc1. The third-order valence-corrected chi connectivity index (χ3v) is 3.01. The molecular formula is C15H12ClNO3. The van der Waals surface area contributed by atoms with Crippen LogP contribution in [0.1, 0.15) is 28.8 Å². The smallest absolute Gasteiger partial charge is 0.257 e. The van der Waals surface area contributed by atoms with Crippen molar-refractivity contribution < 1.29 is 14.3 Å². The lowest BCUT2D eigenvalue weighted by atomic mass is 10.0. The Morgan fingerprint density at radius 1 is 1.30 bits per heavy atom. The molecule has 0 saturated heterocycles. The first kappa shape index (κ1) is 14.2. The van der Waals surface area contributed by atoms with Crippen LogP contribution in [0.15, 0.2) is 42.6 Å². The van der Waals surface area contributed by atoms with E-state index in [-0.39, 0.29) is 17.4 Å². The van der Waals surface area contributed by atoms with E-state index in [1.54, 1.807) is 36.4 Å². The number of benzene rings is 1. The molecule has 2 rings (SSSR count). The second-order valence-electron chi connectivity index (χ2n) is 4.23. The molecule has 102 valence electrons. The van der Waals surface area contributed by atoms with Crippen molar-refractivity contribution in [2.24, 2.45) is 0 Å². The van der Waals surface area contributed by atoms with Crippen molar-refractivity contribution in [3.8, 4) is 11.6 Å². The van der Waals surface area contributed by atoms with Crippen molar-refractivity contribution in [3.63, 3.8) is 0 Å². The fraction of sp³-hybridized carbons (Fsp3) is 0.133. The van der Waals surface area contributed by atoms with Gasteiger partial charge in [-0.3, -0.25) is 4.79 Å². The predicted molar refractivity (Wildman–Crippen MR) is 75.4 cm³/mol. The van der Waals surface area contributed by atoms with Gasteiger partial charge in [0, 0.05) is 12.1 Å². The highest BCUT2D eigenvalue weighted by atomic mass is 35.5. The average molecular weight is 290 g/mol. The number of carbonyl (C=O) groups excluding carboxylic acids is 2. The first-order valence-electron chi connectivity index (χ1n) is 5.99. The van der Waals surface area contributed by atoms with E-state index in [1.165, 1.54) is 6.20 Å². The summed E-state index contributed by atoms with van der Waals surface area (Å²) in [6.45, 7) is 1.81. The van der Waals surface area contributed by atoms with Gasteiger partial charge in [-0.1, -0.05) is 19.1 Å². The molecule has 0 aliphatic heterocycles. The Hall–Kier alpha value is -2.20. The van der Waals surface area contributed by atoms with Gasteiger partial charge in [-0.15, -0.1) is 0 Å². The largest absolute Gasteiger partial charge is 0.438 e. The van der Waals surface area contributed by atoms with Gasteiger partial charge in [-0.25, -0.2) is 4.98 Å². The Labute approximate surface area is 121 Å². The monoisotopic (exact) mass is 289 g/mol. The minimum atomic E-state index is -0.626. The van der Waals surface area contributed by atoms with Crippen LogP contribution in [-0.2, 0) is 4.79 Å². The molecule has 0 saturated carbocycles. The standard InChI is InChI=1S/C15H12ClNO3/c1-10(9-18)11-4-6-12(7-5-11)20-15-13(14(16)19)3-2-8-17-15/h2-10H,1H3. The zero-order valence-electron chi connectivity index (χ0n) is 10.7. The maximum atomic E-state index is 11.2. The molecule has 20 heavy (non-hydrogen) atoms. The fourth-order valence-corrected chi connectivity index (χ4v) is 1.80. The normalized spacial score (nSPS) is 11.7. The van der Waals surface area contributed by atoms with Crippen molar-refractivity contribution in [2.45, 2.75) is 12.8 Å². The number of ether oxygens (including phenoxy) is 1. The Morgan fingerprint density at radius 2 is 2.00 bits per heavy atom. The number of carbonyl (C=O) groups is 2. The number of halogens is 1. The summed E-state index contributed by atoms with van der Waals surface area (Å²) in [5.41, 5.74) is 1.10. The molecule has 0 bridgehead atoms. The summed E-state index contributed by atoms with van der Waals surface area (Å²) in [4.78, 5) is 25.9. The van der Waals surface area contributed by atoms with Crippen LogP contribution in [0, 0.1) is 0 Å². The van der Waals surface area contributed by atoms with Crippen LogP contribution >= 0.6 is 11.6 Å². The van der Waals surface area contributed by atoms with Crippen molar-refractivity contribution >= 4 is 23.1 Å². The molecular weight excluding hydrogens is 278 g/mol. The molecule has 1 unspecified atom stereocenters. The molecule has 1 aromatic carbocycles. The highest BCUT2D eigenvalue weighted by Crippen LogP contribution is 2.25. The number of rotatable bonds is 5. The number of hydrogen-bond acceptors (Lipinski definition) is 4. The van der Waals surface area contributed by atoms with Gasteiger partial charge in [0.25, 0.3) is 5.24 Å². The van der Waals surface area contributed by atoms with Crippen LogP contribution in [0.4, 0.5) is 0 Å². The van der Waals surface area contributed by atoms with Crippen LogP contribution in [-0.4, -0.2) is 16.5 Å². The highest BCUT2D eigenvalue weighted by Gasteiger charge is 2.12. The molecule has 0 fully saturated rings. The van der Waals surface area contributed by atoms with Crippen molar-refractivity contribution in [1.29, 1.82) is 0 Å². The lowest BCUT2D eigenvalue weighted by Crippen LogP contribution is -1.98. The van der Waals surface area contributed by atoms with E-state index in [2.05, 4.69) is 4.98 Å². The summed E-state index contributed by atoms with van der Waals surface area (Å²) in [6, 6.07) is 10.2. The van der Waals surface area contributed by atoms with Gasteiger partial charge in [0.15, 0.2) is 0 Å². The highest BCUT2D eigenvalue weighted by molar-refractivity contribution is 6.68. The van der Waals surface area contributed by atoms with E-state index >= 15 is 0 Å². The fourth-order valence-electron chi connectivity index (χ4n) is 1.65. The molecule has 0 spiro atoms. The number of pyridine rings is 1. The van der Waals surface area contributed by atoms with E-state index in [0.29, 0.717) is 5.75 Å². The minimum Gasteiger partial charge on any atom is -0.438 e. The van der Waals surface area contributed by atoms with Crippen LogP contribution < -0.4 is 4.74 Å². The summed E-state index contributed by atoms with van der Waals surface area (Å²) in [6.07, 6.45) is 2.39. The third-order valence-electron chi connectivity index (χ3n) is 2.81. The average Bonchev–Trinajstić information content (AvgIpc) is 2.47. The maximum Gasteiger partial charge on any atom is 0.257 e. The lowest BCUT2D eigenvalue weighted by Gasteiger charge is -2.09. The molecule has 0 amide bonds. The van der Waals surface area contributed by atoms with Crippen molar-refractivity contribution in [1.82, 2.24) is 4.98 Å². The summed E-state index contributed by atoms with van der Waals surface area (Å²) in [5.74, 6) is 0.507. The molecule has 5 heteroatoms. The number of aldehydes is 1. The second kappa shape index (κ2) is 6.30. The molecule has 1 heterocycles. The quantitative estimate of drug-likeness (QED) is 0.624. The van der Waals surface area contributed by atoms with Crippen LogP contribution in [0.3, 0.4) is 0 Å². The van der Waals surface area contributed by atoms with Gasteiger partial charge >= 0.3 is 0 Å². The predicted octanol–water partition coefficient (Wildman–Crippen LogP) is 3.56. The van der Waals surface area contributed by atoms with Gasteiger partial charge in [-0.2, -0.15) is 0 Å². The van der Waals surface area contributed by atoms with Gasteiger partial charge < -0.3 is 9.53 Å². The third kappa shape index (κ3) is 3.22. The number of hydrogen-bond donors (Lipinski definition) is 0. The molecule has 1 atom stereocenters. The molecule has 0 aliphatic rings. The summed E-state index contributed by atoms with van der Waals surface area (Å²) < 4.78 is 5.53. The topological polar surface area (TPSA) is 56.3 Å². The van der Waals surface area contributed by atoms with E-state index in [1.807, 2.05) is 6.92 Å². The van der Waals surface area contributed by atoms with Gasteiger partial charge in [-0.05, 0) is 41.4 Å². The Kier molecular flexibility index (Phi) is 4.48. The number of aromatic nitrogens is 1. The Morgan fingerprint density at radius 3 is 2.60 bits per heavy atom. The van der Waals surface area contributed by atoms with Crippen LogP contribution in [0.5, 0.6) is 11.6 Å². The summed E-state index contributed by atoms with van der Waals surface area (Å²) >= 11 is 5.46. The Balaban J connectivity index is 2.22. The van der Waals surface area contributed by atoms with Gasteiger partial charge in [0.2, 0.25) is 5.88 Å². The van der Waals surface area contributed by atoms with E-state index in [0.717, 1.165) is 11.8 Å². The van der Waals surface area contributed by atoms with Crippen LogP contribution in [0.25, 0.3) is 0 Å². The zero-order chi connectivity index (χ0) is 14.5. The molecule has 4 nitrogen and oxygen atoms in total. The van der Waals surface area contributed by atoms with Gasteiger partial charge in [0.05, 0.1) is 5.56 Å². The van der Waals surface area contributed by atoms with E-state index in [4.69, 9.17) is 16.3 Å². The maximum absolute atomic E-state index is 11.2. The van der Waals surface area contributed by atoms with Crippen molar-refractivity contribution in [2.75, 3.05) is 0 Å². The summed E-state index contributed by atoms with van der Waals surface area (Å²) in [5, 5.41) is -0.626. The first-order chi connectivity index (χ1) is 9.61. The Bertz CT molecular complexity index is 625. The lowest BCUT2D eigenvalue weighted by molar-refractivity contribution is -0.108. The first-order valence-corrected chi connectivity index (χ1v) is 6.37. The second-order valence-corrected chi connectivity index (χ2v) is 4.57. The molecule has 0 aliphatic carbocycles. The minimum absolute atomic E-state index is 0.156. The molecule has 1 aromatic heterocycles. The zero-order valence-corrected chi connectivity index (χ0v) is 11.5. The molecule has 2 aromatic rings. The van der Waals surface area contributed by atoms with Crippen LogP contribution in [0.2, 0.25) is 0 Å². The molecule has 0 radical (unpaired) electrons.